The van der Waals surface area contributed by atoms with Gasteiger partial charge in [0.15, 0.2) is 0 Å². The minimum Gasteiger partial charge on any atom is -0.494 e. The Morgan fingerprint density at radius 2 is 1.51 bits per heavy atom. The van der Waals surface area contributed by atoms with E-state index in [0.717, 1.165) is 0 Å². The maximum atomic E-state index is 14.8. The van der Waals surface area contributed by atoms with Crippen LogP contribution in [0.4, 0.5) is 11.4 Å². The summed E-state index contributed by atoms with van der Waals surface area (Å²) in [6, 6.07) is 12.5. The van der Waals surface area contributed by atoms with Gasteiger partial charge in [0.2, 0.25) is 11.8 Å². The summed E-state index contributed by atoms with van der Waals surface area (Å²) < 4.78 is 12.6. The van der Waals surface area contributed by atoms with E-state index in [1.54, 1.807) is 34.1 Å². The average Bonchev–Trinajstić information content (AvgIpc) is 3.30. The number of nitrogens with zero attached hydrogens (tertiary/aromatic N) is 3. The molecule has 6 rings (SSSR count). The molecule has 2 aromatic carbocycles. The van der Waals surface area contributed by atoms with E-state index < -0.39 is 35.1 Å². The van der Waals surface area contributed by atoms with E-state index in [4.69, 9.17) is 21.1 Å². The van der Waals surface area contributed by atoms with Crippen LogP contribution in [0.25, 0.3) is 0 Å². The molecule has 9 nitrogen and oxygen atoms in total. The third-order valence-corrected chi connectivity index (χ3v) is 10.2. The van der Waals surface area contributed by atoms with E-state index in [2.05, 4.69) is 0 Å². The number of hydrogen-bond donors (Lipinski definition) is 1. The van der Waals surface area contributed by atoms with Gasteiger partial charge in [-0.2, -0.15) is 0 Å². The van der Waals surface area contributed by atoms with E-state index in [9.17, 15) is 19.5 Å². The second kappa shape index (κ2) is 11.9. The molecule has 238 valence electrons. The number of amides is 3. The topological polar surface area (TPSA) is 99.6 Å². The van der Waals surface area contributed by atoms with E-state index in [-0.39, 0.29) is 36.8 Å². The van der Waals surface area contributed by atoms with Crippen molar-refractivity contribution in [2.75, 3.05) is 36.1 Å². The molecule has 2 fully saturated rings. The second-order valence-corrected chi connectivity index (χ2v) is 12.9. The number of anilines is 2. The molecule has 4 aliphatic rings. The highest BCUT2D eigenvalue weighted by molar-refractivity contribution is 6.30. The number of likely N-dealkylation sites (tertiary alicyclic amines) is 1. The smallest absolute Gasteiger partial charge is 0.253 e. The van der Waals surface area contributed by atoms with Crippen molar-refractivity contribution < 1.29 is 29.0 Å². The zero-order valence-corrected chi connectivity index (χ0v) is 26.8. The Balaban J connectivity index is 1.47. The molecule has 1 spiro atoms. The summed E-state index contributed by atoms with van der Waals surface area (Å²) in [6.07, 6.45) is 8.10. The van der Waals surface area contributed by atoms with Gasteiger partial charge in [0.1, 0.15) is 17.4 Å². The molecular formula is C35H40ClN3O6. The number of benzene rings is 2. The first-order valence-corrected chi connectivity index (χ1v) is 16.1. The third-order valence-electron chi connectivity index (χ3n) is 9.94. The number of rotatable bonds is 8. The molecule has 45 heavy (non-hydrogen) atoms. The first-order valence-electron chi connectivity index (χ1n) is 15.7. The molecule has 1 N–H and O–H groups in total. The van der Waals surface area contributed by atoms with Gasteiger partial charge >= 0.3 is 0 Å². The fourth-order valence-electron chi connectivity index (χ4n) is 7.61. The van der Waals surface area contributed by atoms with Crippen LogP contribution in [0, 0.1) is 17.8 Å². The number of carbonyl (C=O) groups excluding carboxylic acids is 3. The van der Waals surface area contributed by atoms with Crippen molar-refractivity contribution in [3.63, 3.8) is 0 Å². The summed E-state index contributed by atoms with van der Waals surface area (Å²) in [4.78, 5) is 49.0. The van der Waals surface area contributed by atoms with Gasteiger partial charge in [-0.3, -0.25) is 14.4 Å². The number of hydrogen-bond acceptors (Lipinski definition) is 6. The van der Waals surface area contributed by atoms with Gasteiger partial charge in [0.25, 0.3) is 5.91 Å². The van der Waals surface area contributed by atoms with E-state index >= 15 is 0 Å². The van der Waals surface area contributed by atoms with Crippen LogP contribution in [-0.4, -0.2) is 77.3 Å². The highest BCUT2D eigenvalue weighted by Gasteiger charge is 2.75. The lowest BCUT2D eigenvalue weighted by atomic mass is 9.74. The summed E-state index contributed by atoms with van der Waals surface area (Å²) in [5.74, 6) is -2.28. The van der Waals surface area contributed by atoms with Gasteiger partial charge in [-0.15, -0.1) is 0 Å². The monoisotopic (exact) mass is 633 g/mol. The van der Waals surface area contributed by atoms with Gasteiger partial charge in [-0.1, -0.05) is 56.2 Å². The maximum absolute atomic E-state index is 14.8. The number of fused-ring (bicyclic) bond motifs is 2. The van der Waals surface area contributed by atoms with Crippen LogP contribution in [0.3, 0.4) is 0 Å². The molecular weight excluding hydrogens is 594 g/mol. The van der Waals surface area contributed by atoms with Crippen LogP contribution in [0.15, 0.2) is 72.8 Å². The summed E-state index contributed by atoms with van der Waals surface area (Å²) in [5.41, 5.74) is -1.29. The minimum absolute atomic E-state index is 0.115. The summed E-state index contributed by atoms with van der Waals surface area (Å²) >= 11 is 6.16. The Hall–Kier alpha value is -3.66. The van der Waals surface area contributed by atoms with Crippen LogP contribution in [0.1, 0.15) is 34.1 Å². The van der Waals surface area contributed by atoms with Crippen molar-refractivity contribution >= 4 is 40.7 Å². The lowest BCUT2D eigenvalue weighted by molar-refractivity contribution is -0.149. The largest absolute Gasteiger partial charge is 0.494 e. The molecule has 7 atom stereocenters. The first kappa shape index (κ1) is 31.3. The normalized spacial score (nSPS) is 30.5. The summed E-state index contributed by atoms with van der Waals surface area (Å²) in [7, 11) is 0. The molecule has 1 unspecified atom stereocenters. The van der Waals surface area contributed by atoms with Gasteiger partial charge in [0.05, 0.1) is 36.7 Å². The lowest BCUT2D eigenvalue weighted by Crippen LogP contribution is -2.60. The van der Waals surface area contributed by atoms with Crippen molar-refractivity contribution in [2.24, 2.45) is 17.8 Å². The molecule has 0 aliphatic carbocycles. The lowest BCUT2D eigenvalue weighted by Gasteiger charge is -2.41. The van der Waals surface area contributed by atoms with E-state index in [1.807, 2.05) is 76.3 Å². The molecule has 3 amide bonds. The molecule has 4 aliphatic heterocycles. The molecule has 4 heterocycles. The van der Waals surface area contributed by atoms with Crippen molar-refractivity contribution in [1.82, 2.24) is 4.90 Å². The molecule has 0 saturated carbocycles. The van der Waals surface area contributed by atoms with Gasteiger partial charge < -0.3 is 29.3 Å². The maximum Gasteiger partial charge on any atom is 0.253 e. The van der Waals surface area contributed by atoms with E-state index in [0.29, 0.717) is 41.7 Å². The standard InChI is InChI=1S/C35H40ClN3O6/c1-5-22(3)27(21-40)39-30-33(43)38(24-11-9-23(36)10-12-24)20-8-18-35(30)29(32(39)42)28-31(41)37(19-7-17-34(28,4)45-35)25-13-15-26(16-14-25)44-6-2/h7-18,22,27-30,40H,5-6,19-21H2,1-4H3/t22-,27-,28-,29-,30?,34+,35-/m0/s1. The number of aliphatic hydroxyl groups excluding tert-OH is 1. The van der Waals surface area contributed by atoms with Crippen molar-refractivity contribution in [3.05, 3.63) is 77.9 Å². The fourth-order valence-corrected chi connectivity index (χ4v) is 7.73. The van der Waals surface area contributed by atoms with Crippen LogP contribution < -0.4 is 14.5 Å². The SMILES string of the molecule is CCOc1ccc(N2CC=C[C@@]3(C)O[C@]45C=CCN(c6ccc(Cl)cc6)C(=O)C4N([C@@H](CO)[C@@H](C)CC)C(=O)[C@@H]5[C@H]3C2=O)cc1. The molecule has 0 radical (unpaired) electrons. The Bertz CT molecular complexity index is 1530. The zero-order chi connectivity index (χ0) is 32.1. The minimum atomic E-state index is -1.43. The number of halogens is 1. The Kier molecular flexibility index (Phi) is 8.31. The molecule has 2 saturated heterocycles. The number of aliphatic hydroxyl groups is 1. The average molecular weight is 634 g/mol. The van der Waals surface area contributed by atoms with E-state index in [1.165, 1.54) is 4.90 Å². The van der Waals surface area contributed by atoms with Crippen molar-refractivity contribution in [1.29, 1.82) is 0 Å². The zero-order valence-electron chi connectivity index (χ0n) is 26.1. The summed E-state index contributed by atoms with van der Waals surface area (Å²) in [5, 5.41) is 11.2. The van der Waals surface area contributed by atoms with Gasteiger partial charge in [-0.25, -0.2) is 0 Å². The highest BCUT2D eigenvalue weighted by Crippen LogP contribution is 2.58. The Labute approximate surface area is 269 Å². The van der Waals surface area contributed by atoms with Crippen molar-refractivity contribution in [2.45, 2.75) is 57.4 Å². The van der Waals surface area contributed by atoms with Crippen LogP contribution in [0.5, 0.6) is 5.75 Å². The van der Waals surface area contributed by atoms with Crippen LogP contribution >= 0.6 is 11.6 Å². The quantitative estimate of drug-likeness (QED) is 0.426. The molecule has 0 aromatic heterocycles. The second-order valence-electron chi connectivity index (χ2n) is 12.5. The predicted octanol–water partition coefficient (Wildman–Crippen LogP) is 4.62. The number of ether oxygens (including phenoxy) is 2. The third kappa shape index (κ3) is 4.96. The predicted molar refractivity (Wildman–Crippen MR) is 172 cm³/mol. The molecule has 10 heteroatoms. The Morgan fingerprint density at radius 1 is 0.911 bits per heavy atom. The molecule has 0 bridgehead atoms. The van der Waals surface area contributed by atoms with Crippen LogP contribution in [0.2, 0.25) is 5.02 Å². The Morgan fingerprint density at radius 3 is 2.11 bits per heavy atom. The van der Waals surface area contributed by atoms with Gasteiger partial charge in [-0.05, 0) is 68.3 Å². The first-order chi connectivity index (χ1) is 21.6. The van der Waals surface area contributed by atoms with Crippen molar-refractivity contribution in [3.8, 4) is 5.75 Å². The van der Waals surface area contributed by atoms with Crippen LogP contribution in [-0.2, 0) is 19.1 Å². The number of carbonyl (C=O) groups is 3. The highest BCUT2D eigenvalue weighted by atomic mass is 35.5. The summed E-state index contributed by atoms with van der Waals surface area (Å²) in [6.45, 7) is 8.43. The molecule has 2 aromatic rings. The van der Waals surface area contributed by atoms with Gasteiger partial charge in [0, 0.05) is 29.5 Å². The fraction of sp³-hybridized carbons (Fsp3) is 0.457.